The lowest BCUT2D eigenvalue weighted by Crippen LogP contribution is -1.90. The summed E-state index contributed by atoms with van der Waals surface area (Å²) in [6.07, 6.45) is 0.805. The Labute approximate surface area is 79.7 Å². The van der Waals surface area contributed by atoms with Crippen LogP contribution in [0.3, 0.4) is 0 Å². The van der Waals surface area contributed by atoms with E-state index in [-0.39, 0.29) is 0 Å². The average Bonchev–Trinajstić information content (AvgIpc) is 2.09. The van der Waals surface area contributed by atoms with Crippen LogP contribution >= 0.6 is 15.9 Å². The maximum absolute atomic E-state index is 10.6. The molecule has 0 aliphatic rings. The average molecular weight is 229 g/mol. The van der Waals surface area contributed by atoms with Gasteiger partial charge in [-0.3, -0.25) is 4.79 Å². The summed E-state index contributed by atoms with van der Waals surface area (Å²) in [6, 6.07) is 3.57. The van der Waals surface area contributed by atoms with E-state index in [9.17, 15) is 4.79 Å². The Balaban J connectivity index is 3.28. The summed E-state index contributed by atoms with van der Waals surface area (Å²) in [4.78, 5) is 10.6. The van der Waals surface area contributed by atoms with Gasteiger partial charge in [0.15, 0.2) is 6.29 Å². The Kier molecular flexibility index (Phi) is 2.87. The molecule has 1 rings (SSSR count). The largest absolute Gasteiger partial charge is 0.497 e. The van der Waals surface area contributed by atoms with Crippen molar-refractivity contribution in [2.75, 3.05) is 7.11 Å². The number of halogens is 1. The van der Waals surface area contributed by atoms with E-state index in [2.05, 4.69) is 15.9 Å². The van der Waals surface area contributed by atoms with Gasteiger partial charge in [-0.2, -0.15) is 0 Å². The van der Waals surface area contributed by atoms with Crippen LogP contribution in [0.25, 0.3) is 0 Å². The van der Waals surface area contributed by atoms with E-state index in [1.165, 1.54) is 0 Å². The maximum atomic E-state index is 10.6. The minimum atomic E-state index is 0.617. The predicted octanol–water partition coefficient (Wildman–Crippen LogP) is 2.58. The molecule has 0 atom stereocenters. The molecule has 0 amide bonds. The molecule has 12 heavy (non-hydrogen) atoms. The number of rotatable bonds is 2. The lowest BCUT2D eigenvalue weighted by Gasteiger charge is -2.05. The first-order valence-electron chi connectivity index (χ1n) is 3.48. The molecule has 64 valence electrons. The van der Waals surface area contributed by atoms with Crippen molar-refractivity contribution in [3.05, 3.63) is 27.7 Å². The molecule has 0 saturated carbocycles. The Morgan fingerprint density at radius 1 is 1.50 bits per heavy atom. The molecule has 0 bridgehead atoms. The lowest BCUT2D eigenvalue weighted by atomic mass is 10.1. The van der Waals surface area contributed by atoms with Crippen LogP contribution in [0, 0.1) is 6.92 Å². The fourth-order valence-corrected chi connectivity index (χ4v) is 1.29. The Morgan fingerprint density at radius 3 is 2.67 bits per heavy atom. The first kappa shape index (κ1) is 9.26. The van der Waals surface area contributed by atoms with E-state index >= 15 is 0 Å². The number of ether oxygens (including phenoxy) is 1. The van der Waals surface area contributed by atoms with Crippen LogP contribution in [0.1, 0.15) is 15.9 Å². The van der Waals surface area contributed by atoms with Gasteiger partial charge in [0, 0.05) is 10.0 Å². The summed E-state index contributed by atoms with van der Waals surface area (Å²) in [5.74, 6) is 0.706. The van der Waals surface area contributed by atoms with Crippen LogP contribution in [0.4, 0.5) is 0 Å². The van der Waals surface area contributed by atoms with Crippen LogP contribution in [0.2, 0.25) is 0 Å². The summed E-state index contributed by atoms with van der Waals surface area (Å²) >= 11 is 3.32. The van der Waals surface area contributed by atoms with Crippen molar-refractivity contribution in [2.45, 2.75) is 6.92 Å². The quantitative estimate of drug-likeness (QED) is 0.728. The molecule has 0 fully saturated rings. The lowest BCUT2D eigenvalue weighted by molar-refractivity contribution is 0.112. The molecule has 1 aromatic carbocycles. The van der Waals surface area contributed by atoms with E-state index in [1.54, 1.807) is 13.2 Å². The van der Waals surface area contributed by atoms with Gasteiger partial charge < -0.3 is 4.74 Å². The highest BCUT2D eigenvalue weighted by Gasteiger charge is 2.04. The monoisotopic (exact) mass is 228 g/mol. The van der Waals surface area contributed by atoms with Gasteiger partial charge in [-0.25, -0.2) is 0 Å². The molecule has 0 aromatic heterocycles. The summed E-state index contributed by atoms with van der Waals surface area (Å²) < 4.78 is 5.84. The van der Waals surface area contributed by atoms with Crippen molar-refractivity contribution < 1.29 is 9.53 Å². The Bertz CT molecular complexity index is 308. The summed E-state index contributed by atoms with van der Waals surface area (Å²) in [5.41, 5.74) is 1.61. The van der Waals surface area contributed by atoms with Crippen molar-refractivity contribution in [3.8, 4) is 5.75 Å². The topological polar surface area (TPSA) is 26.3 Å². The molecule has 2 nitrogen and oxygen atoms in total. The van der Waals surface area contributed by atoms with E-state index < -0.39 is 0 Å². The van der Waals surface area contributed by atoms with E-state index in [0.717, 1.165) is 16.3 Å². The highest BCUT2D eigenvalue weighted by molar-refractivity contribution is 9.10. The summed E-state index contributed by atoms with van der Waals surface area (Å²) in [5, 5.41) is 0. The molecular weight excluding hydrogens is 220 g/mol. The van der Waals surface area contributed by atoms with Crippen LogP contribution in [0.15, 0.2) is 16.6 Å². The molecule has 0 aliphatic carbocycles. The fourth-order valence-electron chi connectivity index (χ4n) is 0.966. The maximum Gasteiger partial charge on any atom is 0.151 e. The first-order chi connectivity index (χ1) is 5.69. The zero-order chi connectivity index (χ0) is 9.14. The Hall–Kier alpha value is -0.830. The number of hydrogen-bond acceptors (Lipinski definition) is 2. The third kappa shape index (κ3) is 1.67. The summed E-state index contributed by atoms with van der Waals surface area (Å²) in [7, 11) is 1.58. The second-order valence-corrected chi connectivity index (χ2v) is 3.26. The normalized spacial score (nSPS) is 9.58. The molecular formula is C9H9BrO2. The van der Waals surface area contributed by atoms with E-state index in [4.69, 9.17) is 4.74 Å². The highest BCUT2D eigenvalue weighted by Crippen LogP contribution is 2.25. The molecule has 0 N–H and O–H groups in total. The van der Waals surface area contributed by atoms with Crippen molar-refractivity contribution >= 4 is 22.2 Å². The van der Waals surface area contributed by atoms with Crippen molar-refractivity contribution in [1.82, 2.24) is 0 Å². The van der Waals surface area contributed by atoms with Crippen LogP contribution < -0.4 is 4.74 Å². The van der Waals surface area contributed by atoms with Gasteiger partial charge in [0.05, 0.1) is 7.11 Å². The van der Waals surface area contributed by atoms with Gasteiger partial charge in [-0.15, -0.1) is 0 Å². The van der Waals surface area contributed by atoms with Crippen molar-refractivity contribution in [1.29, 1.82) is 0 Å². The second-order valence-electron chi connectivity index (χ2n) is 2.47. The number of hydrogen-bond donors (Lipinski definition) is 0. The number of methoxy groups -OCH3 is 1. The van der Waals surface area contributed by atoms with Gasteiger partial charge in [0.2, 0.25) is 0 Å². The minimum Gasteiger partial charge on any atom is -0.497 e. The van der Waals surface area contributed by atoms with Crippen LogP contribution in [0.5, 0.6) is 5.75 Å². The van der Waals surface area contributed by atoms with Gasteiger partial charge in [-0.1, -0.05) is 0 Å². The number of aldehydes is 1. The standard InChI is InChI=1S/C9H9BrO2/c1-6-3-8(12-2)4-7(5-11)9(6)10/h3-5H,1-2H3. The van der Waals surface area contributed by atoms with Gasteiger partial charge in [0.1, 0.15) is 5.75 Å². The fraction of sp³-hybridized carbons (Fsp3) is 0.222. The van der Waals surface area contributed by atoms with Gasteiger partial charge in [0.25, 0.3) is 0 Å². The number of benzene rings is 1. The minimum absolute atomic E-state index is 0.617. The molecule has 0 unspecified atom stereocenters. The third-order valence-corrected chi connectivity index (χ3v) is 2.70. The van der Waals surface area contributed by atoms with Crippen LogP contribution in [-0.4, -0.2) is 13.4 Å². The number of carbonyl (C=O) groups excluding carboxylic acids is 1. The molecule has 0 spiro atoms. The molecule has 0 heterocycles. The predicted molar refractivity (Wildman–Crippen MR) is 50.8 cm³/mol. The molecule has 0 aliphatic heterocycles. The third-order valence-electron chi connectivity index (χ3n) is 1.62. The summed E-state index contributed by atoms with van der Waals surface area (Å²) in [6.45, 7) is 1.92. The Morgan fingerprint density at radius 2 is 2.17 bits per heavy atom. The zero-order valence-electron chi connectivity index (χ0n) is 6.93. The smallest absolute Gasteiger partial charge is 0.151 e. The molecule has 0 radical (unpaired) electrons. The van der Waals surface area contributed by atoms with Crippen LogP contribution in [-0.2, 0) is 0 Å². The molecule has 0 saturated heterocycles. The van der Waals surface area contributed by atoms with E-state index in [0.29, 0.717) is 11.3 Å². The molecule has 1 aromatic rings. The second kappa shape index (κ2) is 3.72. The zero-order valence-corrected chi connectivity index (χ0v) is 8.51. The van der Waals surface area contributed by atoms with E-state index in [1.807, 2.05) is 13.0 Å². The van der Waals surface area contributed by atoms with Crippen molar-refractivity contribution in [3.63, 3.8) is 0 Å². The number of aryl methyl sites for hydroxylation is 1. The highest BCUT2D eigenvalue weighted by atomic mass is 79.9. The van der Waals surface area contributed by atoms with Gasteiger partial charge in [-0.05, 0) is 40.5 Å². The molecule has 3 heteroatoms. The van der Waals surface area contributed by atoms with Gasteiger partial charge >= 0.3 is 0 Å². The number of carbonyl (C=O) groups is 1. The van der Waals surface area contributed by atoms with Crippen molar-refractivity contribution in [2.24, 2.45) is 0 Å². The first-order valence-corrected chi connectivity index (χ1v) is 4.27. The SMILES string of the molecule is COc1cc(C)c(Br)c(C=O)c1.